The van der Waals surface area contributed by atoms with Crippen LogP contribution < -0.4 is 44.4 Å². The number of amides is 3. The van der Waals surface area contributed by atoms with Gasteiger partial charge in [0.05, 0.1) is 171 Å². The van der Waals surface area contributed by atoms with Gasteiger partial charge in [-0.3, -0.25) is 16.0 Å². The second-order valence-corrected chi connectivity index (χ2v) is 34.3. The summed E-state index contributed by atoms with van der Waals surface area (Å²) in [5.74, 6) is -10.0. The third kappa shape index (κ3) is 21.3. The van der Waals surface area contributed by atoms with Gasteiger partial charge in [0.15, 0.2) is 34.7 Å². The number of anilines is 3. The number of carbonyl (C=O) groups excluding carboxylic acids is 3. The molecule has 3 amide bonds. The Morgan fingerprint density at radius 1 is 0.409 bits per heavy atom. The summed E-state index contributed by atoms with van der Waals surface area (Å²) in [5.41, 5.74) is 10.8. The minimum Gasteiger partial charge on any atom is -0.483 e. The zero-order chi connectivity index (χ0) is 93.0. The van der Waals surface area contributed by atoms with Crippen LogP contribution in [0.25, 0.3) is 95.5 Å². The van der Waals surface area contributed by atoms with E-state index >= 15 is 13.2 Å². The number of hydrogen-bond acceptors (Lipinski definition) is 29. The van der Waals surface area contributed by atoms with E-state index in [9.17, 15) is 40.7 Å². The van der Waals surface area contributed by atoms with Crippen LogP contribution in [0.4, 0.5) is 71.0 Å². The monoisotopic (exact) mass is 1870 g/mol. The molecule has 15 aromatic rings. The highest BCUT2D eigenvalue weighted by atomic mass is 32.1. The molecule has 3 aliphatic carbocycles. The fraction of sp³-hybridized carbons (Fsp3) is 0.308. The number of methoxy groups -OCH3 is 3. The summed E-state index contributed by atoms with van der Waals surface area (Å²) in [6.45, 7) is 9.52. The van der Waals surface area contributed by atoms with Gasteiger partial charge in [-0.1, -0.05) is 19.9 Å². The number of fused-ring (bicyclic) bond motifs is 6. The first-order valence-corrected chi connectivity index (χ1v) is 43.7. The topological polar surface area (TPSA) is 362 Å². The predicted octanol–water partition coefficient (Wildman–Crippen LogP) is 21.2. The number of thiazole rings is 3. The van der Waals surface area contributed by atoms with Crippen molar-refractivity contribution in [1.29, 1.82) is 5.26 Å². The molecule has 8 heterocycles. The lowest BCUT2D eigenvalue weighted by atomic mass is 9.91. The van der Waals surface area contributed by atoms with Crippen molar-refractivity contribution in [3.05, 3.63) is 192 Å². The second kappa shape index (κ2) is 38.5. The summed E-state index contributed by atoms with van der Waals surface area (Å²) in [7, 11) is 4.52. The molecule has 0 aliphatic heterocycles. The number of rotatable bonds is 20. The van der Waals surface area contributed by atoms with Crippen molar-refractivity contribution in [1.82, 2.24) is 64.8 Å². The van der Waals surface area contributed by atoms with Crippen molar-refractivity contribution in [3.63, 3.8) is 0 Å². The number of aromatic nitrogens is 13. The highest BCUT2D eigenvalue weighted by Gasteiger charge is 2.48. The molecule has 2 unspecified atom stereocenters. The number of aryl methyl sites for hydroxylation is 5. The third-order valence-corrected chi connectivity index (χ3v) is 24.6. The van der Waals surface area contributed by atoms with Crippen molar-refractivity contribution in [2.45, 2.75) is 160 Å². The van der Waals surface area contributed by atoms with Crippen LogP contribution in [-0.4, -0.2) is 159 Å². The minimum atomic E-state index is -3.09. The van der Waals surface area contributed by atoms with Crippen molar-refractivity contribution in [2.75, 3.05) is 37.3 Å². The molecule has 3 N–H and O–H groups in total. The lowest BCUT2D eigenvalue weighted by Gasteiger charge is -2.35. The number of benzene rings is 7. The first-order valence-electron chi connectivity index (χ1n) is 41.3. The van der Waals surface area contributed by atoms with Crippen LogP contribution >= 0.6 is 34.0 Å². The molecule has 3 aliphatic rings. The highest BCUT2D eigenvalue weighted by molar-refractivity contribution is 7.22. The largest absolute Gasteiger partial charge is 0.483 e. The average molecular weight is 1870 g/mol. The fourth-order valence-corrected chi connectivity index (χ4v) is 18.1. The van der Waals surface area contributed by atoms with E-state index in [1.807, 2.05) is 77.1 Å². The van der Waals surface area contributed by atoms with E-state index in [-0.39, 0.29) is 47.9 Å². The van der Waals surface area contributed by atoms with Crippen LogP contribution in [0, 0.1) is 49.6 Å². The maximum Gasteiger partial charge on any atom is 0.412 e. The number of hydrogen-bond donors (Lipinski definition) is 3. The Bertz CT molecular complexity index is 6670. The Morgan fingerprint density at radius 2 is 0.727 bits per heavy atom. The molecule has 0 bridgehead atoms. The molecule has 3 fully saturated rings. The maximum absolute atomic E-state index is 15.3. The summed E-state index contributed by atoms with van der Waals surface area (Å²) in [5, 5.41) is 18.3. The molecule has 0 radical (unpaired) electrons. The van der Waals surface area contributed by atoms with Crippen LogP contribution in [0.2, 0.25) is 0 Å². The molecule has 680 valence electrons. The predicted molar refractivity (Wildman–Crippen MR) is 473 cm³/mol. The average Bonchev–Trinajstić information content (AvgIpc) is 1.59. The van der Waals surface area contributed by atoms with E-state index in [4.69, 9.17) is 47.9 Å². The lowest BCUT2D eigenvalue weighted by Crippen LogP contribution is -2.45. The molecular weight excluding hydrogens is 1790 g/mol. The molecule has 3 saturated carbocycles. The number of alkyl halides is 6. The molecule has 6 atom stereocenters. The van der Waals surface area contributed by atoms with Crippen LogP contribution in [0.15, 0.2) is 140 Å². The van der Waals surface area contributed by atoms with Crippen molar-refractivity contribution in [3.8, 4) is 72.7 Å². The molecule has 132 heavy (non-hydrogen) atoms. The first kappa shape index (κ1) is 91.2. The van der Waals surface area contributed by atoms with Crippen molar-refractivity contribution < 1.29 is 96.5 Å². The third-order valence-electron chi connectivity index (χ3n) is 21.5. The summed E-state index contributed by atoms with van der Waals surface area (Å²) in [6.07, 6.45) is -2.60. The Balaban J connectivity index is 0.000000144. The van der Waals surface area contributed by atoms with Gasteiger partial charge in [-0.15, -0.1) is 34.0 Å². The van der Waals surface area contributed by atoms with E-state index in [1.54, 1.807) is 18.2 Å². The zero-order valence-electron chi connectivity index (χ0n) is 71.3. The molecule has 0 saturated heterocycles. The summed E-state index contributed by atoms with van der Waals surface area (Å²) in [4.78, 5) is 94.9. The van der Waals surface area contributed by atoms with Gasteiger partial charge < -0.3 is 42.6 Å². The molecule has 7 aromatic carbocycles. The van der Waals surface area contributed by atoms with Gasteiger partial charge >= 0.3 is 18.3 Å². The summed E-state index contributed by atoms with van der Waals surface area (Å²) in [6, 6.07) is 27.3. The van der Waals surface area contributed by atoms with Gasteiger partial charge in [0.1, 0.15) is 63.3 Å². The Kier molecular flexibility index (Phi) is 26.6. The normalized spacial score (nSPS) is 17.8. The molecular formula is C91H78F9N17O12S3. The number of halogens is 9. The van der Waals surface area contributed by atoms with Gasteiger partial charge in [0, 0.05) is 90.9 Å². The number of ether oxygens (including phenoxy) is 9. The zero-order valence-corrected chi connectivity index (χ0v) is 73.8. The Morgan fingerprint density at radius 3 is 1.03 bits per heavy atom. The van der Waals surface area contributed by atoms with E-state index in [2.05, 4.69) is 80.7 Å². The van der Waals surface area contributed by atoms with Gasteiger partial charge in [0.2, 0.25) is 17.6 Å². The number of carbonyl (C=O) groups is 3. The fourth-order valence-electron chi connectivity index (χ4n) is 15.1. The molecule has 18 rings (SSSR count). The van der Waals surface area contributed by atoms with Crippen LogP contribution in [0.1, 0.15) is 106 Å². The highest BCUT2D eigenvalue weighted by Crippen LogP contribution is 2.46. The summed E-state index contributed by atoms with van der Waals surface area (Å²) < 4.78 is 184. The minimum absolute atomic E-state index is 0.169. The standard InChI is InChI=1S/C31H24F3N5O4S.2C30H27F3N6O4S/c1-16-8-19(28-22(9-16)38-27(41-2)15-36-28)29-39-21-11-20(32)24(12-26(21)44-29)42-25-13-31(33,34)7-6-23(25)43-30(40)37-18-5-3-4-17(10-18)14-35;2*1-4-25-34-12-16(13-35-25)37-29(40)43-21-5-6-30(32,33)11-23(21)42-22-10-24-19(9-18(22)31)39-28(44-24)17-7-15(2)8-20-27(17)36-14-26(38-20)41-3/h3-5,8-12,15,23,25H,6-7,13H2,1-2H3,(H,37,40);2*7-10,12-14,21,23H,4-6,11H2,1-3H3,(H,37,40)/t23-,25?;21-,23?;21-,23+/m001/s1. The Hall–Kier alpha value is -14.1. The van der Waals surface area contributed by atoms with Gasteiger partial charge in [-0.2, -0.15) is 5.26 Å². The SMILES string of the molecule is CCc1ncc(NC(=O)O[C@@H]2CCC(F)(F)C[C@@H]2Oc2cc3sc(-c4cc(C)cc5nc(OC)cnc45)nc3cc2F)cn1.CCc1ncc(NC(=O)O[C@H]2CCC(F)(F)CC2Oc2cc3sc(-c4cc(C)cc5nc(OC)cnc45)nc3cc2F)cn1.COc1cnc2c(-c3nc4cc(F)c(OC5CC(F)(F)CC[C@@H]5OC(=O)Nc5cccc(C#N)c5)cc4s3)cc(C)cc2n1. The Labute approximate surface area is 756 Å². The van der Waals surface area contributed by atoms with Gasteiger partial charge in [0.25, 0.3) is 17.8 Å². The molecule has 41 heteroatoms. The summed E-state index contributed by atoms with van der Waals surface area (Å²) >= 11 is 3.80. The van der Waals surface area contributed by atoms with Crippen LogP contribution in [0.5, 0.6) is 34.9 Å². The maximum atomic E-state index is 15.3. The molecule has 0 spiro atoms. The van der Waals surface area contributed by atoms with Crippen molar-refractivity contribution >= 4 is 133 Å². The van der Waals surface area contributed by atoms with E-state index in [1.165, 1.54) is 141 Å². The van der Waals surface area contributed by atoms with E-state index in [0.29, 0.717) is 149 Å². The van der Waals surface area contributed by atoms with Crippen molar-refractivity contribution in [2.24, 2.45) is 0 Å². The van der Waals surface area contributed by atoms with Crippen LogP contribution in [0.3, 0.4) is 0 Å². The lowest BCUT2D eigenvalue weighted by molar-refractivity contribution is -0.114. The number of nitrogens with one attached hydrogen (secondary N) is 3. The van der Waals surface area contributed by atoms with Crippen LogP contribution in [-0.2, 0) is 27.1 Å². The van der Waals surface area contributed by atoms with E-state index in [0.717, 1.165) is 16.7 Å². The van der Waals surface area contributed by atoms with Gasteiger partial charge in [-0.05, 0) is 111 Å². The quantitative estimate of drug-likeness (QED) is 0.0471. The van der Waals surface area contributed by atoms with E-state index < -0.39 is 129 Å². The molecule has 29 nitrogen and oxygen atoms in total. The second-order valence-electron chi connectivity index (χ2n) is 31.2. The first-order chi connectivity index (χ1) is 63.3. The molecule has 8 aromatic heterocycles. The number of nitriles is 1. The smallest absolute Gasteiger partial charge is 0.412 e. The van der Waals surface area contributed by atoms with Gasteiger partial charge in [-0.25, -0.2) is 119 Å². The number of nitrogens with zero attached hydrogens (tertiary/aromatic N) is 14.